The molecule has 0 heterocycles. The minimum absolute atomic E-state index is 0.288. The number of aliphatic hydroxyl groups is 1. The maximum absolute atomic E-state index is 10.5. The molecule has 0 saturated carbocycles. The summed E-state index contributed by atoms with van der Waals surface area (Å²) in [6.45, 7) is 0.288. The summed E-state index contributed by atoms with van der Waals surface area (Å²) in [4.78, 5) is 9.79. The van der Waals surface area contributed by atoms with E-state index in [4.69, 9.17) is 10.8 Å². The van der Waals surface area contributed by atoms with Crippen molar-refractivity contribution in [3.63, 3.8) is 0 Å². The molecule has 0 radical (unpaired) electrons. The molecular formula is C9H12N2O4. The van der Waals surface area contributed by atoms with Crippen LogP contribution in [0.3, 0.4) is 0 Å². The lowest BCUT2D eigenvalue weighted by Gasteiger charge is -2.09. The fourth-order valence-electron chi connectivity index (χ4n) is 1.22. The van der Waals surface area contributed by atoms with Gasteiger partial charge in [-0.15, -0.1) is 0 Å². The van der Waals surface area contributed by atoms with Gasteiger partial charge in [-0.2, -0.15) is 0 Å². The average Bonchev–Trinajstić information content (AvgIpc) is 2.18. The second-order valence-electron chi connectivity index (χ2n) is 3.10. The molecule has 0 saturated heterocycles. The van der Waals surface area contributed by atoms with Crippen LogP contribution in [-0.4, -0.2) is 21.7 Å². The molecule has 82 valence electrons. The standard InChI is InChI=1S/C9H12N2O4/c10-4-3-8(12)6-1-2-9(13)7(5-6)11(14)15/h1-2,5,8,12-13H,3-4,10H2/t8-/m0/s1. The van der Waals surface area contributed by atoms with Crippen LogP contribution in [0.5, 0.6) is 5.75 Å². The van der Waals surface area contributed by atoms with Crippen molar-refractivity contribution in [1.29, 1.82) is 0 Å². The molecule has 1 rings (SSSR count). The van der Waals surface area contributed by atoms with Crippen LogP contribution in [0.2, 0.25) is 0 Å². The van der Waals surface area contributed by atoms with Gasteiger partial charge in [0, 0.05) is 6.07 Å². The van der Waals surface area contributed by atoms with E-state index >= 15 is 0 Å². The predicted octanol–water partition coefficient (Wildman–Crippen LogP) is 0.683. The van der Waals surface area contributed by atoms with Gasteiger partial charge in [-0.1, -0.05) is 6.07 Å². The molecule has 0 aliphatic heterocycles. The van der Waals surface area contributed by atoms with Crippen LogP contribution < -0.4 is 5.73 Å². The van der Waals surface area contributed by atoms with E-state index in [1.54, 1.807) is 0 Å². The summed E-state index contributed by atoms with van der Waals surface area (Å²) in [5.74, 6) is -0.413. The Morgan fingerprint density at radius 1 is 1.53 bits per heavy atom. The zero-order valence-electron chi connectivity index (χ0n) is 7.96. The van der Waals surface area contributed by atoms with Gasteiger partial charge in [0.1, 0.15) is 0 Å². The van der Waals surface area contributed by atoms with Crippen molar-refractivity contribution >= 4 is 5.69 Å². The molecule has 0 amide bonds. The summed E-state index contributed by atoms with van der Waals surface area (Å²) < 4.78 is 0. The molecule has 0 aliphatic carbocycles. The summed E-state index contributed by atoms with van der Waals surface area (Å²) in [6.07, 6.45) is -0.517. The Labute approximate surface area is 86.1 Å². The summed E-state index contributed by atoms with van der Waals surface area (Å²) in [7, 11) is 0. The molecular weight excluding hydrogens is 200 g/mol. The molecule has 0 aliphatic rings. The van der Waals surface area contributed by atoms with Crippen molar-refractivity contribution < 1.29 is 15.1 Å². The zero-order chi connectivity index (χ0) is 11.4. The van der Waals surface area contributed by atoms with Crippen LogP contribution in [0.25, 0.3) is 0 Å². The third-order valence-corrected chi connectivity index (χ3v) is 2.02. The second kappa shape index (κ2) is 4.72. The maximum atomic E-state index is 10.5. The smallest absolute Gasteiger partial charge is 0.311 e. The number of aromatic hydroxyl groups is 1. The number of aliphatic hydroxyl groups excluding tert-OH is 1. The lowest BCUT2D eigenvalue weighted by Crippen LogP contribution is -2.06. The number of nitrogens with zero attached hydrogens (tertiary/aromatic N) is 1. The van der Waals surface area contributed by atoms with Gasteiger partial charge in [-0.25, -0.2) is 0 Å². The number of rotatable bonds is 4. The molecule has 0 aromatic heterocycles. The Bertz CT molecular complexity index is 367. The van der Waals surface area contributed by atoms with E-state index in [-0.39, 0.29) is 6.54 Å². The van der Waals surface area contributed by atoms with E-state index in [9.17, 15) is 15.2 Å². The Morgan fingerprint density at radius 3 is 2.73 bits per heavy atom. The largest absolute Gasteiger partial charge is 0.502 e. The van der Waals surface area contributed by atoms with Crippen LogP contribution in [-0.2, 0) is 0 Å². The number of phenols is 1. The number of benzene rings is 1. The third-order valence-electron chi connectivity index (χ3n) is 2.02. The van der Waals surface area contributed by atoms with Crippen LogP contribution in [0.1, 0.15) is 18.1 Å². The fourth-order valence-corrected chi connectivity index (χ4v) is 1.22. The minimum atomic E-state index is -0.839. The van der Waals surface area contributed by atoms with E-state index in [1.807, 2.05) is 0 Å². The van der Waals surface area contributed by atoms with Gasteiger partial charge >= 0.3 is 5.69 Å². The highest BCUT2D eigenvalue weighted by Crippen LogP contribution is 2.29. The minimum Gasteiger partial charge on any atom is -0.502 e. The number of phenolic OH excluding ortho intramolecular Hbond substituents is 1. The molecule has 4 N–H and O–H groups in total. The van der Waals surface area contributed by atoms with Gasteiger partial charge in [0.25, 0.3) is 0 Å². The van der Waals surface area contributed by atoms with E-state index in [0.29, 0.717) is 12.0 Å². The van der Waals surface area contributed by atoms with Gasteiger partial charge in [0.05, 0.1) is 11.0 Å². The zero-order valence-corrected chi connectivity index (χ0v) is 7.96. The Morgan fingerprint density at radius 2 is 2.20 bits per heavy atom. The first-order valence-electron chi connectivity index (χ1n) is 4.41. The lowest BCUT2D eigenvalue weighted by molar-refractivity contribution is -0.386. The molecule has 0 unspecified atom stereocenters. The molecule has 6 heteroatoms. The van der Waals surface area contributed by atoms with Gasteiger partial charge in [0.15, 0.2) is 5.75 Å². The van der Waals surface area contributed by atoms with Crippen molar-refractivity contribution in [3.8, 4) is 5.75 Å². The number of nitro benzene ring substituents is 1. The average molecular weight is 212 g/mol. The van der Waals surface area contributed by atoms with Gasteiger partial charge in [0.2, 0.25) is 0 Å². The number of nitro groups is 1. The molecule has 6 nitrogen and oxygen atoms in total. The summed E-state index contributed by atoms with van der Waals surface area (Å²) in [5.41, 5.74) is 5.22. The summed E-state index contributed by atoms with van der Waals surface area (Å²) in [6, 6.07) is 3.77. The normalized spacial score (nSPS) is 12.4. The summed E-state index contributed by atoms with van der Waals surface area (Å²) >= 11 is 0. The van der Waals surface area contributed by atoms with Crippen molar-refractivity contribution in [2.24, 2.45) is 5.73 Å². The molecule has 1 aromatic carbocycles. The highest BCUT2D eigenvalue weighted by atomic mass is 16.6. The Balaban J connectivity index is 3.02. The molecule has 15 heavy (non-hydrogen) atoms. The van der Waals surface area contributed by atoms with Crippen LogP contribution >= 0.6 is 0 Å². The first-order chi connectivity index (χ1) is 7.06. The quantitative estimate of drug-likeness (QED) is 0.502. The Hall–Kier alpha value is -1.66. The number of hydrogen-bond acceptors (Lipinski definition) is 5. The predicted molar refractivity (Wildman–Crippen MR) is 53.4 cm³/mol. The highest BCUT2D eigenvalue weighted by Gasteiger charge is 2.16. The topological polar surface area (TPSA) is 110 Å². The van der Waals surface area contributed by atoms with Crippen LogP contribution in [0.4, 0.5) is 5.69 Å². The van der Waals surface area contributed by atoms with Crippen LogP contribution in [0.15, 0.2) is 18.2 Å². The van der Waals surface area contributed by atoms with Gasteiger partial charge < -0.3 is 15.9 Å². The van der Waals surface area contributed by atoms with E-state index in [1.165, 1.54) is 12.1 Å². The fraction of sp³-hybridized carbons (Fsp3) is 0.333. The first kappa shape index (κ1) is 11.4. The van der Waals surface area contributed by atoms with Crippen molar-refractivity contribution in [3.05, 3.63) is 33.9 Å². The van der Waals surface area contributed by atoms with Crippen molar-refractivity contribution in [1.82, 2.24) is 0 Å². The molecule has 0 bridgehead atoms. The van der Waals surface area contributed by atoms with Gasteiger partial charge in [-0.05, 0) is 24.6 Å². The van der Waals surface area contributed by atoms with E-state index in [2.05, 4.69) is 0 Å². The van der Waals surface area contributed by atoms with E-state index < -0.39 is 22.5 Å². The summed E-state index contributed by atoms with van der Waals surface area (Å²) in [5, 5.41) is 29.2. The van der Waals surface area contributed by atoms with Crippen molar-refractivity contribution in [2.75, 3.05) is 6.54 Å². The first-order valence-corrected chi connectivity index (χ1v) is 4.41. The second-order valence-corrected chi connectivity index (χ2v) is 3.10. The molecule has 0 fully saturated rings. The molecule has 1 atom stereocenters. The van der Waals surface area contributed by atoms with E-state index in [0.717, 1.165) is 6.07 Å². The van der Waals surface area contributed by atoms with Gasteiger partial charge in [-0.3, -0.25) is 10.1 Å². The monoisotopic (exact) mass is 212 g/mol. The SMILES string of the molecule is NCC[C@H](O)c1ccc(O)c([N+](=O)[O-])c1. The lowest BCUT2D eigenvalue weighted by atomic mass is 10.1. The molecule has 1 aromatic rings. The number of nitrogens with two attached hydrogens (primary N) is 1. The van der Waals surface area contributed by atoms with Crippen molar-refractivity contribution in [2.45, 2.75) is 12.5 Å². The number of hydrogen-bond donors (Lipinski definition) is 3. The maximum Gasteiger partial charge on any atom is 0.311 e. The highest BCUT2D eigenvalue weighted by molar-refractivity contribution is 5.48. The third kappa shape index (κ3) is 2.64. The van der Waals surface area contributed by atoms with Crippen LogP contribution in [0, 0.1) is 10.1 Å². The molecule has 0 spiro atoms. The Kier molecular flexibility index (Phi) is 3.59.